The third-order valence-electron chi connectivity index (χ3n) is 3.41. The van der Waals surface area contributed by atoms with E-state index in [9.17, 15) is 4.79 Å². The van der Waals surface area contributed by atoms with Crippen LogP contribution in [0.15, 0.2) is 23.4 Å². The molecule has 0 spiro atoms. The molecule has 126 valence electrons. The highest BCUT2D eigenvalue weighted by atomic mass is 32.2. The quantitative estimate of drug-likeness (QED) is 0.802. The Hall–Kier alpha value is -1.49. The van der Waals surface area contributed by atoms with Gasteiger partial charge in [-0.15, -0.1) is 0 Å². The maximum absolute atomic E-state index is 12.2. The second-order valence-corrected chi connectivity index (χ2v) is 8.98. The number of imidazole rings is 1. The summed E-state index contributed by atoms with van der Waals surface area (Å²) in [4.78, 5) is 20.0. The van der Waals surface area contributed by atoms with Crippen molar-refractivity contribution in [1.29, 1.82) is 0 Å². The van der Waals surface area contributed by atoms with Gasteiger partial charge in [0.15, 0.2) is 5.16 Å². The van der Waals surface area contributed by atoms with Gasteiger partial charge in [-0.3, -0.25) is 4.79 Å². The summed E-state index contributed by atoms with van der Waals surface area (Å²) >= 11 is 1.44. The zero-order valence-corrected chi connectivity index (χ0v) is 15.7. The van der Waals surface area contributed by atoms with Gasteiger partial charge in [-0.2, -0.15) is 0 Å². The van der Waals surface area contributed by atoms with E-state index in [0.717, 1.165) is 22.6 Å². The Balaban J connectivity index is 1.92. The van der Waals surface area contributed by atoms with E-state index >= 15 is 0 Å². The Morgan fingerprint density at radius 2 is 1.96 bits per heavy atom. The van der Waals surface area contributed by atoms with Crippen molar-refractivity contribution in [2.45, 2.75) is 58.7 Å². The highest BCUT2D eigenvalue weighted by Gasteiger charge is 2.26. The van der Waals surface area contributed by atoms with E-state index in [1.54, 1.807) is 0 Å². The van der Waals surface area contributed by atoms with Crippen molar-refractivity contribution < 1.29 is 4.79 Å². The number of rotatable bonds is 5. The van der Waals surface area contributed by atoms with E-state index in [4.69, 9.17) is 0 Å². The molecule has 0 fully saturated rings. The molecule has 5 heteroatoms. The normalized spacial score (nSPS) is 12.6. The Morgan fingerprint density at radius 1 is 1.26 bits per heavy atom. The molecule has 1 heterocycles. The van der Waals surface area contributed by atoms with Gasteiger partial charge in [-0.05, 0) is 50.3 Å². The van der Waals surface area contributed by atoms with E-state index in [-0.39, 0.29) is 16.9 Å². The minimum Gasteiger partial charge on any atom is -0.350 e. The first-order chi connectivity index (χ1) is 10.5. The molecule has 4 nitrogen and oxygen atoms in total. The number of aryl methyl sites for hydroxylation is 1. The van der Waals surface area contributed by atoms with E-state index in [0.29, 0.717) is 5.75 Å². The van der Waals surface area contributed by atoms with Gasteiger partial charge >= 0.3 is 0 Å². The first-order valence-corrected chi connectivity index (χ1v) is 8.93. The lowest BCUT2D eigenvalue weighted by molar-refractivity contribution is -0.120. The minimum absolute atomic E-state index is 0.0425. The molecule has 1 amide bonds. The number of hydrogen-bond acceptors (Lipinski definition) is 3. The number of hydrogen-bond donors (Lipinski definition) is 2. The second-order valence-electron chi connectivity index (χ2n) is 8.02. The van der Waals surface area contributed by atoms with E-state index in [2.05, 4.69) is 62.9 Å². The zero-order chi connectivity index (χ0) is 17.3. The summed E-state index contributed by atoms with van der Waals surface area (Å²) in [6, 6.07) is 6.11. The molecule has 2 aromatic rings. The van der Waals surface area contributed by atoms with Gasteiger partial charge in [0, 0.05) is 5.54 Å². The fourth-order valence-corrected chi connectivity index (χ4v) is 3.77. The molecule has 2 N–H and O–H groups in total. The van der Waals surface area contributed by atoms with Crippen LogP contribution >= 0.6 is 11.8 Å². The number of fused-ring (bicyclic) bond motifs is 1. The van der Waals surface area contributed by atoms with Gasteiger partial charge < -0.3 is 10.3 Å². The predicted molar refractivity (Wildman–Crippen MR) is 97.8 cm³/mol. The number of benzene rings is 1. The van der Waals surface area contributed by atoms with Crippen molar-refractivity contribution in [2.75, 3.05) is 5.75 Å². The third-order valence-corrected chi connectivity index (χ3v) is 4.28. The molecule has 0 bridgehead atoms. The average molecular weight is 334 g/mol. The van der Waals surface area contributed by atoms with Crippen LogP contribution in [0.2, 0.25) is 0 Å². The molecule has 0 saturated carbocycles. The van der Waals surface area contributed by atoms with Crippen molar-refractivity contribution >= 4 is 28.7 Å². The summed E-state index contributed by atoms with van der Waals surface area (Å²) in [6.07, 6.45) is 0.931. The van der Waals surface area contributed by atoms with Crippen LogP contribution in [-0.4, -0.2) is 27.2 Å². The largest absolute Gasteiger partial charge is 0.350 e. The number of amides is 1. The highest BCUT2D eigenvalue weighted by Crippen LogP contribution is 2.27. The summed E-state index contributed by atoms with van der Waals surface area (Å²) in [5.41, 5.74) is 3.12. The molecule has 0 aliphatic heterocycles. The molecule has 1 aromatic heterocycles. The zero-order valence-electron chi connectivity index (χ0n) is 14.9. The molecule has 0 aliphatic rings. The molecule has 23 heavy (non-hydrogen) atoms. The Kier molecular flexibility index (Phi) is 5.09. The number of carbonyl (C=O) groups excluding carboxylic acids is 1. The Bertz CT molecular complexity index is 698. The number of thioether (sulfide) groups is 1. The van der Waals surface area contributed by atoms with Crippen LogP contribution in [0, 0.1) is 12.3 Å². The number of nitrogens with one attached hydrogen (secondary N) is 2. The van der Waals surface area contributed by atoms with Crippen molar-refractivity contribution in [3.63, 3.8) is 0 Å². The summed E-state index contributed by atoms with van der Waals surface area (Å²) in [6.45, 7) is 12.8. The van der Waals surface area contributed by atoms with E-state index in [1.807, 2.05) is 12.1 Å². The molecule has 0 radical (unpaired) electrons. The van der Waals surface area contributed by atoms with Gasteiger partial charge in [0.25, 0.3) is 0 Å². The molecule has 0 aliphatic carbocycles. The van der Waals surface area contributed by atoms with Crippen LogP contribution in [0.25, 0.3) is 11.0 Å². The molecule has 1 aromatic carbocycles. The minimum atomic E-state index is -0.207. The van der Waals surface area contributed by atoms with Gasteiger partial charge in [-0.1, -0.05) is 38.6 Å². The SMILES string of the molecule is Cc1ccc2nc(SCC(=O)NC(C)(C)CC(C)(C)C)[nH]c2c1. The number of aromatic amines is 1. The highest BCUT2D eigenvalue weighted by molar-refractivity contribution is 7.99. The van der Waals surface area contributed by atoms with Crippen molar-refractivity contribution in [3.05, 3.63) is 23.8 Å². The van der Waals surface area contributed by atoms with Gasteiger partial charge in [0.05, 0.1) is 16.8 Å². The standard InChI is InChI=1S/C18H27N3OS/c1-12-7-8-13-14(9-12)20-16(19-13)23-10-15(22)21-18(5,6)11-17(2,3)4/h7-9H,10-11H2,1-6H3,(H,19,20)(H,21,22). The molecule has 0 atom stereocenters. The van der Waals surface area contributed by atoms with Crippen LogP contribution in [0.3, 0.4) is 0 Å². The van der Waals surface area contributed by atoms with Crippen LogP contribution < -0.4 is 5.32 Å². The maximum atomic E-state index is 12.2. The summed E-state index contributed by atoms with van der Waals surface area (Å²) in [7, 11) is 0. The number of nitrogens with zero attached hydrogens (tertiary/aromatic N) is 1. The number of carbonyl (C=O) groups is 1. The molecule has 0 saturated heterocycles. The third kappa shape index (κ3) is 5.57. The van der Waals surface area contributed by atoms with E-state index in [1.165, 1.54) is 17.3 Å². The maximum Gasteiger partial charge on any atom is 0.230 e. The summed E-state index contributed by atoms with van der Waals surface area (Å²) in [5, 5.41) is 3.91. The second kappa shape index (κ2) is 6.56. The Labute approximate surface area is 142 Å². The molecular weight excluding hydrogens is 306 g/mol. The van der Waals surface area contributed by atoms with Gasteiger partial charge in [0.2, 0.25) is 5.91 Å². The van der Waals surface area contributed by atoms with Crippen LogP contribution in [0.4, 0.5) is 0 Å². The van der Waals surface area contributed by atoms with Crippen LogP contribution in [-0.2, 0) is 4.79 Å². The molecular formula is C18H27N3OS. The van der Waals surface area contributed by atoms with Gasteiger partial charge in [-0.25, -0.2) is 4.98 Å². The molecule has 0 unspecified atom stereocenters. The van der Waals surface area contributed by atoms with Crippen LogP contribution in [0.1, 0.15) is 46.6 Å². The smallest absolute Gasteiger partial charge is 0.230 e. The van der Waals surface area contributed by atoms with Gasteiger partial charge in [0.1, 0.15) is 0 Å². The van der Waals surface area contributed by atoms with Crippen LogP contribution in [0.5, 0.6) is 0 Å². The van der Waals surface area contributed by atoms with E-state index < -0.39 is 0 Å². The first-order valence-electron chi connectivity index (χ1n) is 7.94. The lowest BCUT2D eigenvalue weighted by Crippen LogP contribution is -2.46. The molecule has 2 rings (SSSR count). The lowest BCUT2D eigenvalue weighted by atomic mass is 9.82. The lowest BCUT2D eigenvalue weighted by Gasteiger charge is -2.33. The Morgan fingerprint density at radius 3 is 2.61 bits per heavy atom. The fourth-order valence-electron chi connectivity index (χ4n) is 3.09. The number of aromatic nitrogens is 2. The fraction of sp³-hybridized carbons (Fsp3) is 0.556. The summed E-state index contributed by atoms with van der Waals surface area (Å²) < 4.78 is 0. The summed E-state index contributed by atoms with van der Waals surface area (Å²) in [5.74, 6) is 0.410. The van der Waals surface area contributed by atoms with Crippen molar-refractivity contribution in [1.82, 2.24) is 15.3 Å². The number of H-pyrrole nitrogens is 1. The monoisotopic (exact) mass is 333 g/mol. The first kappa shape index (κ1) is 17.9. The predicted octanol–water partition coefficient (Wildman–Crippen LogP) is 4.29. The topological polar surface area (TPSA) is 57.8 Å². The average Bonchev–Trinajstić information content (AvgIpc) is 2.74. The van der Waals surface area contributed by atoms with Crippen molar-refractivity contribution in [2.24, 2.45) is 5.41 Å². The van der Waals surface area contributed by atoms with Crippen molar-refractivity contribution in [3.8, 4) is 0 Å².